The van der Waals surface area contributed by atoms with Gasteiger partial charge in [-0.3, -0.25) is 9.89 Å². The molecule has 1 aliphatic heterocycles. The monoisotopic (exact) mass is 308 g/mol. The molecule has 1 aromatic carbocycles. The Morgan fingerprint density at radius 1 is 1.36 bits per heavy atom. The van der Waals surface area contributed by atoms with Crippen molar-refractivity contribution in [1.82, 2.24) is 4.90 Å². The second-order valence-electron chi connectivity index (χ2n) is 5.51. The molecular weight excluding hydrogens is 283 g/mol. The van der Waals surface area contributed by atoms with E-state index in [-0.39, 0.29) is 5.75 Å². The number of likely N-dealkylation sites (tertiary alicyclic amines) is 1. The summed E-state index contributed by atoms with van der Waals surface area (Å²) in [5, 5.41) is 0. The molecule has 1 atom stereocenters. The minimum absolute atomic E-state index is 0.194. The molecule has 2 rings (SSSR count). The van der Waals surface area contributed by atoms with Crippen molar-refractivity contribution in [1.29, 1.82) is 0 Å². The molecule has 4 nitrogen and oxygen atoms in total. The molecule has 0 bridgehead atoms. The molecule has 0 aliphatic carbocycles. The Morgan fingerprint density at radius 3 is 2.77 bits per heavy atom. The van der Waals surface area contributed by atoms with Crippen molar-refractivity contribution >= 4 is 5.71 Å². The number of ether oxygens (including phenoxy) is 2. The van der Waals surface area contributed by atoms with Crippen molar-refractivity contribution in [2.75, 3.05) is 33.9 Å². The molecule has 1 aromatic rings. The lowest BCUT2D eigenvalue weighted by atomic mass is 10.1. The molecule has 0 N–H and O–H groups in total. The summed E-state index contributed by atoms with van der Waals surface area (Å²) in [4.78, 5) is 7.12. The Labute approximate surface area is 131 Å². The van der Waals surface area contributed by atoms with E-state index in [1.807, 2.05) is 6.92 Å². The molecule has 5 heteroatoms. The maximum Gasteiger partial charge on any atom is 0.167 e. The minimum atomic E-state index is -0.399. The predicted octanol–water partition coefficient (Wildman–Crippen LogP) is 3.14. The molecule has 122 valence electrons. The van der Waals surface area contributed by atoms with Crippen molar-refractivity contribution in [2.45, 2.75) is 32.7 Å². The highest BCUT2D eigenvalue weighted by Crippen LogP contribution is 2.32. The van der Waals surface area contributed by atoms with E-state index in [1.54, 1.807) is 13.2 Å². The van der Waals surface area contributed by atoms with E-state index in [2.05, 4.69) is 16.8 Å². The summed E-state index contributed by atoms with van der Waals surface area (Å²) in [5.41, 5.74) is 1.35. The van der Waals surface area contributed by atoms with Crippen molar-refractivity contribution in [3.63, 3.8) is 0 Å². The molecular formula is C17H25FN2O2. The van der Waals surface area contributed by atoms with Gasteiger partial charge in [0.1, 0.15) is 5.75 Å². The Hall–Kier alpha value is -1.62. The van der Waals surface area contributed by atoms with Gasteiger partial charge in [0.2, 0.25) is 0 Å². The zero-order chi connectivity index (χ0) is 16.1. The zero-order valence-corrected chi connectivity index (χ0v) is 13.9. The molecule has 1 heterocycles. The Kier molecular flexibility index (Phi) is 5.77. The predicted molar refractivity (Wildman–Crippen MR) is 86.9 cm³/mol. The lowest BCUT2D eigenvalue weighted by Gasteiger charge is -2.21. The van der Waals surface area contributed by atoms with E-state index in [1.165, 1.54) is 26.0 Å². The van der Waals surface area contributed by atoms with Crippen LogP contribution in [0.25, 0.3) is 0 Å². The highest BCUT2D eigenvalue weighted by molar-refractivity contribution is 6.03. The summed E-state index contributed by atoms with van der Waals surface area (Å²) in [5.74, 6) is 0.376. The van der Waals surface area contributed by atoms with Gasteiger partial charge in [-0.15, -0.1) is 0 Å². The smallest absolute Gasteiger partial charge is 0.167 e. The molecule has 0 radical (unpaired) electrons. The number of likely N-dealkylation sites (N-methyl/N-ethyl adjacent to an activating group) is 1. The van der Waals surface area contributed by atoms with Crippen LogP contribution in [-0.2, 0) is 0 Å². The van der Waals surface area contributed by atoms with Gasteiger partial charge in [-0.25, -0.2) is 4.39 Å². The summed E-state index contributed by atoms with van der Waals surface area (Å²) >= 11 is 0. The molecule has 22 heavy (non-hydrogen) atoms. The topological polar surface area (TPSA) is 34.1 Å². The lowest BCUT2D eigenvalue weighted by Crippen LogP contribution is -2.31. The second kappa shape index (κ2) is 7.58. The van der Waals surface area contributed by atoms with Gasteiger partial charge in [0, 0.05) is 11.8 Å². The fraction of sp³-hybridized carbons (Fsp3) is 0.588. The number of methoxy groups -OCH3 is 2. The highest BCUT2D eigenvalue weighted by Gasteiger charge is 2.23. The number of halogens is 1. The SMILES string of the molecule is CCN1CCCC1CN=C(C)c1c(OC)ccc(F)c1OC. The number of rotatable bonds is 6. The van der Waals surface area contributed by atoms with Gasteiger partial charge in [0.15, 0.2) is 11.6 Å². The third kappa shape index (κ3) is 3.40. The van der Waals surface area contributed by atoms with Crippen molar-refractivity contribution in [3.05, 3.63) is 23.5 Å². The van der Waals surface area contributed by atoms with Gasteiger partial charge in [-0.05, 0) is 45.0 Å². The number of aliphatic imine (C=N–C) groups is 1. The average Bonchev–Trinajstić information content (AvgIpc) is 2.99. The molecule has 0 amide bonds. The van der Waals surface area contributed by atoms with Gasteiger partial charge in [-0.2, -0.15) is 0 Å². The molecule has 1 saturated heterocycles. The molecule has 0 spiro atoms. The average molecular weight is 308 g/mol. The maximum atomic E-state index is 13.9. The first-order valence-corrected chi connectivity index (χ1v) is 7.78. The first-order chi connectivity index (χ1) is 10.6. The van der Waals surface area contributed by atoms with Crippen LogP contribution in [0.15, 0.2) is 17.1 Å². The number of nitrogens with zero attached hydrogens (tertiary/aromatic N) is 2. The fourth-order valence-corrected chi connectivity index (χ4v) is 3.09. The van der Waals surface area contributed by atoms with Crippen LogP contribution in [0.1, 0.15) is 32.3 Å². The Bertz CT molecular complexity index is 546. The van der Waals surface area contributed by atoms with Gasteiger partial charge in [0.25, 0.3) is 0 Å². The standard InChI is InChI=1S/C17H25FN2O2/c1-5-20-10-6-7-13(20)11-19-12(2)16-15(21-3)9-8-14(18)17(16)22-4/h8-9,13H,5-7,10-11H2,1-4H3. The number of hydrogen-bond donors (Lipinski definition) is 0. The number of benzene rings is 1. The molecule has 0 aromatic heterocycles. The van der Waals surface area contributed by atoms with Gasteiger partial charge >= 0.3 is 0 Å². The van der Waals surface area contributed by atoms with E-state index >= 15 is 0 Å². The van der Waals surface area contributed by atoms with Crippen molar-refractivity contribution in [3.8, 4) is 11.5 Å². The van der Waals surface area contributed by atoms with E-state index in [9.17, 15) is 4.39 Å². The van der Waals surface area contributed by atoms with Crippen LogP contribution in [0, 0.1) is 5.82 Å². The second-order valence-corrected chi connectivity index (χ2v) is 5.51. The highest BCUT2D eigenvalue weighted by atomic mass is 19.1. The Morgan fingerprint density at radius 2 is 2.14 bits per heavy atom. The quantitative estimate of drug-likeness (QED) is 0.757. The summed E-state index contributed by atoms with van der Waals surface area (Å²) < 4.78 is 24.5. The molecule has 1 unspecified atom stereocenters. The van der Waals surface area contributed by atoms with Gasteiger partial charge in [0.05, 0.1) is 26.3 Å². The maximum absolute atomic E-state index is 13.9. The van der Waals surface area contributed by atoms with Crippen LogP contribution in [0.4, 0.5) is 4.39 Å². The van der Waals surface area contributed by atoms with E-state index in [0.717, 1.165) is 25.3 Å². The van der Waals surface area contributed by atoms with Crippen LogP contribution in [-0.4, -0.2) is 50.5 Å². The summed E-state index contributed by atoms with van der Waals surface area (Å²) in [6.45, 7) is 6.97. The van der Waals surface area contributed by atoms with Crippen LogP contribution >= 0.6 is 0 Å². The minimum Gasteiger partial charge on any atom is -0.496 e. The third-order valence-corrected chi connectivity index (χ3v) is 4.30. The van der Waals surface area contributed by atoms with E-state index in [4.69, 9.17) is 9.47 Å². The van der Waals surface area contributed by atoms with Crippen LogP contribution in [0.2, 0.25) is 0 Å². The first kappa shape index (κ1) is 16.7. The normalized spacial score (nSPS) is 19.5. The largest absolute Gasteiger partial charge is 0.496 e. The molecule has 0 saturated carbocycles. The summed E-state index contributed by atoms with van der Waals surface area (Å²) in [6.07, 6.45) is 2.39. The van der Waals surface area contributed by atoms with E-state index < -0.39 is 5.82 Å². The fourth-order valence-electron chi connectivity index (χ4n) is 3.09. The lowest BCUT2D eigenvalue weighted by molar-refractivity contribution is 0.273. The van der Waals surface area contributed by atoms with Crippen LogP contribution in [0.3, 0.4) is 0 Å². The first-order valence-electron chi connectivity index (χ1n) is 7.78. The van der Waals surface area contributed by atoms with Gasteiger partial charge in [-0.1, -0.05) is 6.92 Å². The van der Waals surface area contributed by atoms with Crippen molar-refractivity contribution in [2.24, 2.45) is 4.99 Å². The number of hydrogen-bond acceptors (Lipinski definition) is 4. The van der Waals surface area contributed by atoms with Crippen molar-refractivity contribution < 1.29 is 13.9 Å². The van der Waals surface area contributed by atoms with E-state index in [0.29, 0.717) is 17.4 Å². The van der Waals surface area contributed by atoms with Crippen LogP contribution in [0.5, 0.6) is 11.5 Å². The summed E-state index contributed by atoms with van der Waals surface area (Å²) in [6, 6.07) is 3.44. The zero-order valence-electron chi connectivity index (χ0n) is 13.9. The Balaban J connectivity index is 2.26. The van der Waals surface area contributed by atoms with Gasteiger partial charge < -0.3 is 9.47 Å². The van der Waals surface area contributed by atoms with Crippen LogP contribution < -0.4 is 9.47 Å². The third-order valence-electron chi connectivity index (χ3n) is 4.30. The molecule has 1 aliphatic rings. The molecule has 1 fully saturated rings. The summed E-state index contributed by atoms with van der Waals surface area (Å²) in [7, 11) is 3.03.